The predicted octanol–water partition coefficient (Wildman–Crippen LogP) is 4.49. The molecule has 6 heteroatoms. The number of rotatable bonds is 5. The number of phenolic OH excluding ortho intramolecular Hbond substituents is 1. The van der Waals surface area contributed by atoms with E-state index >= 15 is 0 Å². The highest BCUT2D eigenvalue weighted by atomic mass is 16.5. The maximum Gasteiger partial charge on any atom is 0.335 e. The first kappa shape index (κ1) is 18.5. The van der Waals surface area contributed by atoms with Crippen molar-refractivity contribution in [1.82, 2.24) is 0 Å². The van der Waals surface area contributed by atoms with Gasteiger partial charge in [-0.05, 0) is 72.8 Å². The van der Waals surface area contributed by atoms with Crippen LogP contribution in [0.2, 0.25) is 0 Å². The number of carboxylic acid groups (broad SMARTS) is 1. The molecule has 0 aliphatic carbocycles. The van der Waals surface area contributed by atoms with Gasteiger partial charge < -0.3 is 24.5 Å². The fraction of sp³-hybridized carbons (Fsp3) is 0. The fourth-order valence-corrected chi connectivity index (χ4v) is 2.03. The van der Waals surface area contributed by atoms with E-state index in [9.17, 15) is 9.90 Å². The van der Waals surface area contributed by atoms with Crippen LogP contribution in [0, 0.1) is 0 Å². The lowest BCUT2D eigenvalue weighted by Gasteiger charge is -2.08. The van der Waals surface area contributed by atoms with Crippen molar-refractivity contribution in [3.63, 3.8) is 0 Å². The minimum atomic E-state index is -0.975. The van der Waals surface area contributed by atoms with Crippen LogP contribution < -0.4 is 9.47 Å². The lowest BCUT2D eigenvalue weighted by molar-refractivity contribution is -0.0980. The average molecular weight is 352 g/mol. The van der Waals surface area contributed by atoms with E-state index in [1.165, 1.54) is 12.1 Å². The zero-order valence-corrected chi connectivity index (χ0v) is 13.7. The zero-order chi connectivity index (χ0) is 18.9. The summed E-state index contributed by atoms with van der Waals surface area (Å²) in [5, 5.41) is 18.1. The second-order valence-corrected chi connectivity index (χ2v) is 5.00. The Morgan fingerprint density at radius 2 is 0.962 bits per heavy atom. The molecule has 6 nitrogen and oxygen atoms in total. The SMILES string of the molecule is C=O.O=C(O)c1ccc(Oc2ccc(Oc3ccc(O)cc3)cc2)cc1. The molecule has 0 unspecified atom stereocenters. The Hall–Kier alpha value is -3.80. The monoisotopic (exact) mass is 352 g/mol. The predicted molar refractivity (Wildman–Crippen MR) is 95.2 cm³/mol. The van der Waals surface area contributed by atoms with Crippen molar-refractivity contribution in [2.45, 2.75) is 0 Å². The number of hydrogen-bond donors (Lipinski definition) is 2. The van der Waals surface area contributed by atoms with E-state index in [1.54, 1.807) is 60.7 Å². The third kappa shape index (κ3) is 5.10. The molecule has 0 aliphatic heterocycles. The van der Waals surface area contributed by atoms with E-state index in [-0.39, 0.29) is 11.3 Å². The fourth-order valence-electron chi connectivity index (χ4n) is 2.03. The number of benzene rings is 3. The van der Waals surface area contributed by atoms with Gasteiger partial charge in [-0.2, -0.15) is 0 Å². The van der Waals surface area contributed by atoms with Gasteiger partial charge in [-0.1, -0.05) is 0 Å². The van der Waals surface area contributed by atoms with Crippen molar-refractivity contribution in [2.75, 3.05) is 0 Å². The van der Waals surface area contributed by atoms with Crippen LogP contribution in [-0.2, 0) is 4.79 Å². The van der Waals surface area contributed by atoms with Crippen LogP contribution in [0.1, 0.15) is 10.4 Å². The Labute approximate surface area is 149 Å². The van der Waals surface area contributed by atoms with E-state index in [0.717, 1.165) is 0 Å². The standard InChI is InChI=1S/C19H14O5.CH2O/c20-14-3-7-16(8-4-14)24-18-11-9-17(10-12-18)23-15-5-1-13(2-6-15)19(21)22;1-2/h1-12,20H,(H,21,22);1H2. The van der Waals surface area contributed by atoms with Gasteiger partial charge in [0.05, 0.1) is 5.56 Å². The number of carbonyl (C=O) groups is 2. The maximum atomic E-state index is 10.8. The van der Waals surface area contributed by atoms with Crippen molar-refractivity contribution < 1.29 is 29.3 Å². The topological polar surface area (TPSA) is 93.1 Å². The van der Waals surface area contributed by atoms with Gasteiger partial charge in [0, 0.05) is 0 Å². The highest BCUT2D eigenvalue weighted by molar-refractivity contribution is 5.87. The molecule has 132 valence electrons. The largest absolute Gasteiger partial charge is 0.508 e. The van der Waals surface area contributed by atoms with E-state index in [4.69, 9.17) is 19.4 Å². The highest BCUT2D eigenvalue weighted by Gasteiger charge is 2.04. The van der Waals surface area contributed by atoms with Crippen molar-refractivity contribution in [1.29, 1.82) is 0 Å². The number of ether oxygens (including phenoxy) is 2. The average Bonchev–Trinajstić information content (AvgIpc) is 2.67. The van der Waals surface area contributed by atoms with Gasteiger partial charge in [-0.25, -0.2) is 4.79 Å². The normalized spacial score (nSPS) is 9.54. The Morgan fingerprint density at radius 1 is 0.654 bits per heavy atom. The van der Waals surface area contributed by atoms with Crippen LogP contribution in [-0.4, -0.2) is 23.0 Å². The van der Waals surface area contributed by atoms with Crippen molar-refractivity contribution in [3.8, 4) is 28.7 Å². The molecule has 0 saturated heterocycles. The van der Waals surface area contributed by atoms with Gasteiger partial charge in [0.25, 0.3) is 0 Å². The molecular weight excluding hydrogens is 336 g/mol. The molecule has 0 bridgehead atoms. The van der Waals surface area contributed by atoms with E-state index in [1.807, 2.05) is 6.79 Å². The number of carboxylic acids is 1. The first-order valence-corrected chi connectivity index (χ1v) is 7.47. The lowest BCUT2D eigenvalue weighted by Crippen LogP contribution is -1.95. The molecule has 3 aromatic carbocycles. The van der Waals surface area contributed by atoms with Crippen molar-refractivity contribution in [2.24, 2.45) is 0 Å². The van der Waals surface area contributed by atoms with Gasteiger partial charge in [0.15, 0.2) is 0 Å². The summed E-state index contributed by atoms with van der Waals surface area (Å²) in [6.07, 6.45) is 0. The number of phenols is 1. The number of carbonyl (C=O) groups excluding carboxylic acids is 1. The lowest BCUT2D eigenvalue weighted by atomic mass is 10.2. The molecule has 3 aromatic rings. The summed E-state index contributed by atoms with van der Waals surface area (Å²) in [7, 11) is 0. The van der Waals surface area contributed by atoms with Crippen LogP contribution in [0.5, 0.6) is 28.7 Å². The molecule has 2 N–H and O–H groups in total. The van der Waals surface area contributed by atoms with Crippen molar-refractivity contribution >= 4 is 12.8 Å². The molecule has 0 heterocycles. The molecule has 26 heavy (non-hydrogen) atoms. The molecule has 0 atom stereocenters. The number of hydrogen-bond acceptors (Lipinski definition) is 5. The number of aromatic hydroxyl groups is 1. The van der Waals surface area contributed by atoms with Crippen LogP contribution >= 0.6 is 0 Å². The molecule has 0 aromatic heterocycles. The summed E-state index contributed by atoms with van der Waals surface area (Å²) in [6, 6.07) is 19.6. The maximum absolute atomic E-state index is 10.8. The molecule has 0 amide bonds. The van der Waals surface area contributed by atoms with Gasteiger partial charge in [0.2, 0.25) is 0 Å². The van der Waals surface area contributed by atoms with Gasteiger partial charge in [0.1, 0.15) is 35.5 Å². The summed E-state index contributed by atoms with van der Waals surface area (Å²) >= 11 is 0. The smallest absolute Gasteiger partial charge is 0.335 e. The summed E-state index contributed by atoms with van der Waals surface area (Å²) in [4.78, 5) is 18.8. The molecule has 0 fully saturated rings. The summed E-state index contributed by atoms with van der Waals surface area (Å²) in [5.74, 6) is 1.61. The quantitative estimate of drug-likeness (QED) is 0.703. The Balaban J connectivity index is 0.00000117. The first-order valence-electron chi connectivity index (χ1n) is 7.47. The molecule has 3 rings (SSSR count). The third-order valence-corrected chi connectivity index (χ3v) is 3.23. The molecule has 0 aliphatic rings. The summed E-state index contributed by atoms with van der Waals surface area (Å²) < 4.78 is 11.3. The first-order chi connectivity index (χ1) is 12.6. The van der Waals surface area contributed by atoms with Crippen LogP contribution in [0.25, 0.3) is 0 Å². The van der Waals surface area contributed by atoms with Crippen LogP contribution in [0.15, 0.2) is 72.8 Å². The summed E-state index contributed by atoms with van der Waals surface area (Å²) in [5.41, 5.74) is 0.208. The molecule has 0 spiro atoms. The van der Waals surface area contributed by atoms with Crippen LogP contribution in [0.4, 0.5) is 0 Å². The minimum absolute atomic E-state index is 0.181. The van der Waals surface area contributed by atoms with Gasteiger partial charge >= 0.3 is 5.97 Å². The second kappa shape index (κ2) is 8.89. The Morgan fingerprint density at radius 3 is 1.31 bits per heavy atom. The van der Waals surface area contributed by atoms with E-state index in [2.05, 4.69) is 0 Å². The summed E-state index contributed by atoms with van der Waals surface area (Å²) in [6.45, 7) is 2.00. The van der Waals surface area contributed by atoms with Crippen molar-refractivity contribution in [3.05, 3.63) is 78.4 Å². The Kier molecular flexibility index (Phi) is 6.34. The minimum Gasteiger partial charge on any atom is -0.508 e. The third-order valence-electron chi connectivity index (χ3n) is 3.23. The van der Waals surface area contributed by atoms with Gasteiger partial charge in [-0.3, -0.25) is 0 Å². The van der Waals surface area contributed by atoms with Gasteiger partial charge in [-0.15, -0.1) is 0 Å². The number of aromatic carboxylic acids is 1. The molecular formula is C20H16O6. The zero-order valence-electron chi connectivity index (χ0n) is 13.7. The molecule has 0 saturated carbocycles. The second-order valence-electron chi connectivity index (χ2n) is 5.00. The van der Waals surface area contributed by atoms with E-state index < -0.39 is 5.97 Å². The molecule has 0 radical (unpaired) electrons. The van der Waals surface area contributed by atoms with E-state index in [0.29, 0.717) is 23.0 Å². The Bertz CT molecular complexity index is 839. The highest BCUT2D eigenvalue weighted by Crippen LogP contribution is 2.27. The van der Waals surface area contributed by atoms with Crippen LogP contribution in [0.3, 0.4) is 0 Å².